The molecule has 0 radical (unpaired) electrons. The van der Waals surface area contributed by atoms with E-state index in [1.807, 2.05) is 6.92 Å². The third-order valence-electron chi connectivity index (χ3n) is 2.93. The van der Waals surface area contributed by atoms with E-state index in [-0.39, 0.29) is 21.3 Å². The van der Waals surface area contributed by atoms with Crippen molar-refractivity contribution in [2.75, 3.05) is 0 Å². The number of rotatable bonds is 3. The Balaban J connectivity index is 2.45. The van der Waals surface area contributed by atoms with Crippen LogP contribution in [-0.2, 0) is 14.8 Å². The summed E-state index contributed by atoms with van der Waals surface area (Å²) in [6.45, 7) is 3.41. The fraction of sp³-hybridized carbons (Fsp3) is 0.133. The molecule has 0 fully saturated rings. The minimum absolute atomic E-state index is 0.0800. The smallest absolute Gasteiger partial charge is 0.282 e. The van der Waals surface area contributed by atoms with Crippen LogP contribution >= 0.6 is 11.8 Å². The molecule has 1 aliphatic carbocycles. The van der Waals surface area contributed by atoms with E-state index in [0.717, 1.165) is 5.56 Å². The van der Waals surface area contributed by atoms with E-state index in [1.165, 1.54) is 24.3 Å². The second kappa shape index (κ2) is 6.30. The quantitative estimate of drug-likeness (QED) is 0.627. The van der Waals surface area contributed by atoms with Crippen molar-refractivity contribution in [2.45, 2.75) is 18.7 Å². The van der Waals surface area contributed by atoms with Crippen LogP contribution in [0.2, 0.25) is 0 Å². The van der Waals surface area contributed by atoms with Crippen LogP contribution in [0.4, 0.5) is 0 Å². The highest BCUT2D eigenvalue weighted by Crippen LogP contribution is 2.24. The number of carbonyl (C=O) groups excluding carboxylic acids is 1. The van der Waals surface area contributed by atoms with E-state index in [9.17, 15) is 13.2 Å². The zero-order valence-electron chi connectivity index (χ0n) is 11.9. The van der Waals surface area contributed by atoms with Gasteiger partial charge < -0.3 is 0 Å². The number of benzene rings is 1. The first kappa shape index (κ1) is 16.2. The monoisotopic (exact) mass is 332 g/mol. The molecule has 0 saturated heterocycles. The van der Waals surface area contributed by atoms with Crippen LogP contribution in [0.25, 0.3) is 0 Å². The van der Waals surface area contributed by atoms with Gasteiger partial charge in [0.1, 0.15) is 5.40 Å². The molecule has 5 nitrogen and oxygen atoms in total. The molecule has 7 heteroatoms. The number of nitriles is 1. The zero-order valence-corrected chi connectivity index (χ0v) is 13.5. The Morgan fingerprint density at radius 3 is 2.36 bits per heavy atom. The summed E-state index contributed by atoms with van der Waals surface area (Å²) in [5.74, 6) is -0.293. The summed E-state index contributed by atoms with van der Waals surface area (Å²) < 4.78 is 28.3. The molecule has 0 bridgehead atoms. The van der Waals surface area contributed by atoms with Crippen LogP contribution in [0.5, 0.6) is 0 Å². The van der Waals surface area contributed by atoms with Crippen LogP contribution in [0.1, 0.15) is 12.5 Å². The van der Waals surface area contributed by atoms with Crippen molar-refractivity contribution in [1.82, 2.24) is 0 Å². The van der Waals surface area contributed by atoms with Crippen LogP contribution in [0.15, 0.2) is 56.2 Å². The Labute approximate surface area is 133 Å². The molecule has 0 aromatic heterocycles. The van der Waals surface area contributed by atoms with Gasteiger partial charge in [0.25, 0.3) is 10.0 Å². The molecule has 22 heavy (non-hydrogen) atoms. The molecule has 0 heterocycles. The largest absolute Gasteiger partial charge is 0.288 e. The number of aryl methyl sites for hydroxylation is 1. The highest BCUT2D eigenvalue weighted by molar-refractivity contribution is 8.08. The van der Waals surface area contributed by atoms with Gasteiger partial charge in [-0.05, 0) is 55.5 Å². The van der Waals surface area contributed by atoms with Crippen molar-refractivity contribution in [1.29, 1.82) is 5.26 Å². The first-order valence-electron chi connectivity index (χ1n) is 6.26. The number of nitrogens with zero attached hydrogens (tertiary/aromatic N) is 2. The van der Waals surface area contributed by atoms with E-state index in [1.54, 1.807) is 24.5 Å². The first-order chi connectivity index (χ1) is 10.3. The van der Waals surface area contributed by atoms with E-state index in [2.05, 4.69) is 4.40 Å². The summed E-state index contributed by atoms with van der Waals surface area (Å²) in [7, 11) is -3.86. The minimum atomic E-state index is -3.86. The van der Waals surface area contributed by atoms with Gasteiger partial charge in [-0.1, -0.05) is 17.7 Å². The van der Waals surface area contributed by atoms with Gasteiger partial charge in [0.05, 0.1) is 15.5 Å². The summed E-state index contributed by atoms with van der Waals surface area (Å²) in [5.41, 5.74) is 1.42. The summed E-state index contributed by atoms with van der Waals surface area (Å²) >= 11 is 0.692. The van der Waals surface area contributed by atoms with Crippen LogP contribution in [0.3, 0.4) is 0 Å². The SMILES string of the molecule is CC1=CC(=NS(=O)(=O)c2ccc(C)cc2)C=C(SC#N)C1=O. The maximum Gasteiger partial charge on any atom is 0.282 e. The number of hydrogen-bond acceptors (Lipinski definition) is 5. The van der Waals surface area contributed by atoms with Gasteiger partial charge in [-0.25, -0.2) is 0 Å². The topological polar surface area (TPSA) is 87.4 Å². The second-order valence-corrected chi connectivity index (χ2v) is 7.09. The molecule has 1 aromatic rings. The Hall–Kier alpha value is -2.17. The fourth-order valence-electron chi connectivity index (χ4n) is 1.80. The summed E-state index contributed by atoms with van der Waals surface area (Å²) in [6, 6.07) is 6.33. The van der Waals surface area contributed by atoms with E-state index >= 15 is 0 Å². The van der Waals surface area contributed by atoms with Gasteiger partial charge in [-0.15, -0.1) is 0 Å². The van der Waals surface area contributed by atoms with Gasteiger partial charge in [0.2, 0.25) is 0 Å². The lowest BCUT2D eigenvalue weighted by atomic mass is 10.1. The van der Waals surface area contributed by atoms with Crippen molar-refractivity contribution in [3.8, 4) is 5.40 Å². The standard InChI is InChI=1S/C15H12N2O3S2/c1-10-3-5-13(6-4-10)22(19,20)17-12-7-11(2)15(18)14(8-12)21-9-16/h3-8H,1-2H3. The molecule has 0 unspecified atom stereocenters. The zero-order chi connectivity index (χ0) is 16.3. The Bertz CT molecular complexity index is 855. The van der Waals surface area contributed by atoms with Gasteiger partial charge in [0.15, 0.2) is 5.78 Å². The van der Waals surface area contributed by atoms with E-state index in [4.69, 9.17) is 5.26 Å². The Morgan fingerprint density at radius 1 is 1.14 bits per heavy atom. The van der Waals surface area contributed by atoms with Crippen molar-refractivity contribution < 1.29 is 13.2 Å². The van der Waals surface area contributed by atoms with Gasteiger partial charge in [0, 0.05) is 0 Å². The number of carbonyl (C=O) groups is 1. The Kier molecular flexibility index (Phi) is 4.64. The predicted octanol–water partition coefficient (Wildman–Crippen LogP) is 2.75. The molecule has 0 atom stereocenters. The van der Waals surface area contributed by atoms with Crippen molar-refractivity contribution >= 4 is 33.3 Å². The number of ketones is 1. The van der Waals surface area contributed by atoms with Crippen molar-refractivity contribution in [2.24, 2.45) is 4.40 Å². The van der Waals surface area contributed by atoms with Crippen LogP contribution in [-0.4, -0.2) is 19.9 Å². The highest BCUT2D eigenvalue weighted by Gasteiger charge is 2.20. The maximum atomic E-state index is 12.3. The van der Waals surface area contributed by atoms with Gasteiger partial charge in [-0.2, -0.15) is 18.1 Å². The molecule has 1 aromatic carbocycles. The fourth-order valence-corrected chi connectivity index (χ4v) is 3.30. The average molecular weight is 332 g/mol. The van der Waals surface area contributed by atoms with E-state index in [0.29, 0.717) is 17.3 Å². The lowest BCUT2D eigenvalue weighted by molar-refractivity contribution is -0.111. The number of thiocyanates is 1. The summed E-state index contributed by atoms with van der Waals surface area (Å²) in [5, 5.41) is 10.5. The molecule has 112 valence electrons. The average Bonchev–Trinajstić information content (AvgIpc) is 2.44. The molecule has 0 N–H and O–H groups in total. The van der Waals surface area contributed by atoms with Crippen LogP contribution < -0.4 is 0 Å². The molecular weight excluding hydrogens is 320 g/mol. The molecular formula is C15H12N2O3S2. The molecule has 1 aliphatic rings. The predicted molar refractivity (Wildman–Crippen MR) is 85.9 cm³/mol. The van der Waals surface area contributed by atoms with Crippen molar-refractivity contribution in [3.63, 3.8) is 0 Å². The normalized spacial score (nSPS) is 17.0. The molecule has 0 aliphatic heterocycles. The number of sulfonamides is 1. The molecule has 0 spiro atoms. The van der Waals surface area contributed by atoms with Crippen molar-refractivity contribution in [3.05, 3.63) is 52.5 Å². The van der Waals surface area contributed by atoms with Crippen LogP contribution in [0, 0.1) is 17.6 Å². The Morgan fingerprint density at radius 2 is 1.77 bits per heavy atom. The highest BCUT2D eigenvalue weighted by atomic mass is 32.2. The van der Waals surface area contributed by atoms with Gasteiger partial charge >= 0.3 is 0 Å². The van der Waals surface area contributed by atoms with E-state index < -0.39 is 10.0 Å². The summed E-state index contributed by atoms with van der Waals surface area (Å²) in [6.07, 6.45) is 2.71. The third-order valence-corrected chi connectivity index (χ3v) is 4.86. The third kappa shape index (κ3) is 3.53. The summed E-state index contributed by atoms with van der Waals surface area (Å²) in [4.78, 5) is 12.1. The number of Topliss-reactive ketones (excluding diaryl/α,β-unsaturated/α-hetero) is 1. The van der Waals surface area contributed by atoms with Gasteiger partial charge in [-0.3, -0.25) is 4.79 Å². The number of thioether (sulfide) groups is 1. The molecule has 0 amide bonds. The molecule has 2 rings (SSSR count). The second-order valence-electron chi connectivity index (χ2n) is 4.66. The maximum absolute atomic E-state index is 12.3. The number of hydrogen-bond donors (Lipinski definition) is 0. The molecule has 0 saturated carbocycles. The number of allylic oxidation sites excluding steroid dienone is 4. The lowest BCUT2D eigenvalue weighted by Crippen LogP contribution is -2.12. The lowest BCUT2D eigenvalue weighted by Gasteiger charge is -2.09. The minimum Gasteiger partial charge on any atom is -0.288 e. The first-order valence-corrected chi connectivity index (χ1v) is 8.51.